The zero-order valence-electron chi connectivity index (χ0n) is 14.4. The van der Waals surface area contributed by atoms with Crippen LogP contribution in [0.4, 0.5) is 0 Å². The normalized spacial score (nSPS) is 18.4. The van der Waals surface area contributed by atoms with Crippen LogP contribution in [0.3, 0.4) is 0 Å². The molecule has 1 aromatic heterocycles. The topological polar surface area (TPSA) is 79.3 Å². The molecule has 0 saturated carbocycles. The number of benzene rings is 1. The summed E-state index contributed by atoms with van der Waals surface area (Å²) in [4.78, 5) is 27.2. The molecule has 0 fully saturated rings. The molecule has 0 aliphatic heterocycles. The summed E-state index contributed by atoms with van der Waals surface area (Å²) in [6.07, 6.45) is 2.51. The predicted octanol–water partition coefficient (Wildman–Crippen LogP) is 3.70. The maximum absolute atomic E-state index is 12.3. The fourth-order valence-electron chi connectivity index (χ4n) is 3.47. The number of fused-ring (bicyclic) bond motifs is 1. The number of thiazole rings is 1. The average Bonchev–Trinajstić information content (AvgIpc) is 3.05. The molecule has 3 rings (SSSR count). The average molecular weight is 358 g/mol. The monoisotopic (exact) mass is 358 g/mol. The Bertz CT molecular complexity index is 797. The molecule has 2 N–H and O–H groups in total. The molecule has 2 aromatic rings. The molecule has 0 spiro atoms. The fraction of sp³-hybridized carbons (Fsp3) is 0.421. The molecule has 0 unspecified atom stereocenters. The van der Waals surface area contributed by atoms with Crippen molar-refractivity contribution < 1.29 is 14.7 Å². The molecule has 1 aliphatic rings. The predicted molar refractivity (Wildman–Crippen MR) is 97.0 cm³/mol. The lowest BCUT2D eigenvalue weighted by Gasteiger charge is -2.37. The van der Waals surface area contributed by atoms with E-state index in [0.717, 1.165) is 12.8 Å². The Hall–Kier alpha value is -2.21. The van der Waals surface area contributed by atoms with Gasteiger partial charge < -0.3 is 10.4 Å². The Labute approximate surface area is 151 Å². The van der Waals surface area contributed by atoms with Crippen molar-refractivity contribution in [2.24, 2.45) is 0 Å². The van der Waals surface area contributed by atoms with Crippen LogP contribution >= 0.6 is 11.3 Å². The van der Waals surface area contributed by atoms with E-state index in [1.54, 1.807) is 0 Å². The number of aromatic nitrogens is 1. The van der Waals surface area contributed by atoms with Gasteiger partial charge in [0, 0.05) is 11.8 Å². The number of carbonyl (C=O) groups is 2. The van der Waals surface area contributed by atoms with E-state index in [1.165, 1.54) is 27.8 Å². The van der Waals surface area contributed by atoms with Crippen molar-refractivity contribution in [1.29, 1.82) is 0 Å². The van der Waals surface area contributed by atoms with Gasteiger partial charge in [0.05, 0.1) is 6.54 Å². The molecule has 5 nitrogen and oxygen atoms in total. The molecule has 0 saturated heterocycles. The third-order valence-corrected chi connectivity index (χ3v) is 5.74. The molecule has 1 aromatic carbocycles. The van der Waals surface area contributed by atoms with Crippen LogP contribution in [0.2, 0.25) is 0 Å². The Morgan fingerprint density at radius 2 is 2.12 bits per heavy atom. The van der Waals surface area contributed by atoms with Crippen LogP contribution in [0, 0.1) is 0 Å². The third-order valence-electron chi connectivity index (χ3n) is 4.89. The van der Waals surface area contributed by atoms with Crippen LogP contribution in [0.5, 0.6) is 0 Å². The summed E-state index contributed by atoms with van der Waals surface area (Å²) in [6, 6.07) is 8.40. The van der Waals surface area contributed by atoms with Crippen molar-refractivity contribution in [1.82, 2.24) is 10.3 Å². The zero-order valence-corrected chi connectivity index (χ0v) is 15.2. The number of nitrogens with one attached hydrogen (secondary N) is 1. The Kier molecular flexibility index (Phi) is 4.90. The number of amides is 1. The van der Waals surface area contributed by atoms with Gasteiger partial charge >= 0.3 is 5.97 Å². The second-order valence-electron chi connectivity index (χ2n) is 7.12. The number of carboxylic acid groups (broad SMARTS) is 1. The maximum atomic E-state index is 12.3. The first kappa shape index (κ1) is 17.6. The molecule has 1 aliphatic carbocycles. The summed E-state index contributed by atoms with van der Waals surface area (Å²) in [5, 5.41) is 13.8. The van der Waals surface area contributed by atoms with Crippen LogP contribution < -0.4 is 5.32 Å². The number of nitrogens with zero attached hydrogens (tertiary/aromatic N) is 1. The summed E-state index contributed by atoms with van der Waals surface area (Å²) in [6.45, 7) is 4.78. The second kappa shape index (κ2) is 6.96. The number of hydrogen-bond donors (Lipinski definition) is 2. The number of aromatic carboxylic acids is 1. The van der Waals surface area contributed by atoms with Gasteiger partial charge in [-0.1, -0.05) is 38.1 Å². The lowest BCUT2D eigenvalue weighted by atomic mass is 9.68. The van der Waals surface area contributed by atoms with E-state index < -0.39 is 5.97 Å². The van der Waals surface area contributed by atoms with Crippen molar-refractivity contribution in [3.63, 3.8) is 0 Å². The molecule has 6 heteroatoms. The Balaban J connectivity index is 1.62. The number of hydrogen-bond acceptors (Lipinski definition) is 4. The molecule has 25 heavy (non-hydrogen) atoms. The van der Waals surface area contributed by atoms with E-state index in [1.807, 2.05) is 6.07 Å². The minimum atomic E-state index is -1.05. The molecule has 1 atom stereocenters. The van der Waals surface area contributed by atoms with E-state index in [0.29, 0.717) is 11.4 Å². The molecule has 1 heterocycles. The largest absolute Gasteiger partial charge is 0.476 e. The molecular formula is C19H22N2O3S. The minimum Gasteiger partial charge on any atom is -0.476 e. The van der Waals surface area contributed by atoms with Gasteiger partial charge in [-0.15, -0.1) is 11.3 Å². The van der Waals surface area contributed by atoms with Crippen LogP contribution in [0.1, 0.15) is 65.7 Å². The summed E-state index contributed by atoms with van der Waals surface area (Å²) >= 11 is 1.25. The SMILES string of the molecule is CC1(C)CC[C@H](CC(=O)NCc2nc(C(=O)O)cs2)c2ccccc21. The molecule has 132 valence electrons. The van der Waals surface area contributed by atoms with Crippen molar-refractivity contribution in [3.8, 4) is 0 Å². The first-order valence-corrected chi connectivity index (χ1v) is 9.28. The maximum Gasteiger partial charge on any atom is 0.355 e. The van der Waals surface area contributed by atoms with Gasteiger partial charge in [0.1, 0.15) is 5.01 Å². The third kappa shape index (κ3) is 3.90. The lowest BCUT2D eigenvalue weighted by molar-refractivity contribution is -0.121. The van der Waals surface area contributed by atoms with E-state index in [9.17, 15) is 9.59 Å². The fourth-order valence-corrected chi connectivity index (χ4v) is 4.17. The molecular weight excluding hydrogens is 336 g/mol. The standard InChI is InChI=1S/C19H22N2O3S/c1-19(2)8-7-12(13-5-3-4-6-14(13)19)9-16(22)20-10-17-21-15(11-25-17)18(23)24/h3-6,11-12H,7-10H2,1-2H3,(H,20,22)(H,23,24)/t12-/m1/s1. The molecule has 0 radical (unpaired) electrons. The van der Waals surface area contributed by atoms with Gasteiger partial charge in [0.2, 0.25) is 5.91 Å². The highest BCUT2D eigenvalue weighted by molar-refractivity contribution is 7.09. The van der Waals surface area contributed by atoms with Gasteiger partial charge in [-0.25, -0.2) is 9.78 Å². The first-order valence-electron chi connectivity index (χ1n) is 8.40. The van der Waals surface area contributed by atoms with Crippen molar-refractivity contribution in [2.75, 3.05) is 0 Å². The van der Waals surface area contributed by atoms with Gasteiger partial charge in [0.15, 0.2) is 5.69 Å². The highest BCUT2D eigenvalue weighted by Crippen LogP contribution is 2.43. The minimum absolute atomic E-state index is 0.0217. The number of rotatable bonds is 5. The van der Waals surface area contributed by atoms with Crippen LogP contribution in [0.25, 0.3) is 0 Å². The van der Waals surface area contributed by atoms with Gasteiger partial charge in [0.25, 0.3) is 0 Å². The van der Waals surface area contributed by atoms with Crippen LogP contribution in [0.15, 0.2) is 29.6 Å². The highest BCUT2D eigenvalue weighted by Gasteiger charge is 2.33. The summed E-state index contributed by atoms with van der Waals surface area (Å²) in [5.74, 6) is -0.836. The Morgan fingerprint density at radius 3 is 2.84 bits per heavy atom. The van der Waals surface area contributed by atoms with Crippen LogP contribution in [-0.2, 0) is 16.8 Å². The Morgan fingerprint density at radius 1 is 1.36 bits per heavy atom. The number of carbonyl (C=O) groups excluding carboxylic acids is 1. The second-order valence-corrected chi connectivity index (χ2v) is 8.06. The summed E-state index contributed by atoms with van der Waals surface area (Å²) in [7, 11) is 0. The van der Waals surface area contributed by atoms with Crippen molar-refractivity contribution >= 4 is 23.2 Å². The first-order chi connectivity index (χ1) is 11.9. The van der Waals surface area contributed by atoms with Gasteiger partial charge in [-0.3, -0.25) is 4.79 Å². The summed E-state index contributed by atoms with van der Waals surface area (Å²) < 4.78 is 0. The zero-order chi connectivity index (χ0) is 18.0. The van der Waals surface area contributed by atoms with Crippen molar-refractivity contribution in [2.45, 2.75) is 51.0 Å². The van der Waals surface area contributed by atoms with E-state index in [-0.39, 0.29) is 29.5 Å². The van der Waals surface area contributed by atoms with Crippen molar-refractivity contribution in [3.05, 3.63) is 51.5 Å². The summed E-state index contributed by atoms with van der Waals surface area (Å²) in [5.41, 5.74) is 2.79. The van der Waals surface area contributed by atoms with Gasteiger partial charge in [-0.2, -0.15) is 0 Å². The quantitative estimate of drug-likeness (QED) is 0.854. The lowest BCUT2D eigenvalue weighted by Crippen LogP contribution is -2.30. The van der Waals surface area contributed by atoms with Gasteiger partial charge in [-0.05, 0) is 35.3 Å². The van der Waals surface area contributed by atoms with E-state index >= 15 is 0 Å². The van der Waals surface area contributed by atoms with Crippen LogP contribution in [-0.4, -0.2) is 22.0 Å². The number of carboxylic acids is 1. The molecule has 1 amide bonds. The highest BCUT2D eigenvalue weighted by atomic mass is 32.1. The van der Waals surface area contributed by atoms with E-state index in [4.69, 9.17) is 5.11 Å². The smallest absolute Gasteiger partial charge is 0.355 e. The van der Waals surface area contributed by atoms with E-state index in [2.05, 4.69) is 42.3 Å². The molecule has 0 bridgehead atoms.